The van der Waals surface area contributed by atoms with Gasteiger partial charge in [0.2, 0.25) is 5.91 Å². The van der Waals surface area contributed by atoms with Crippen molar-refractivity contribution in [2.45, 2.75) is 23.7 Å². The van der Waals surface area contributed by atoms with Gasteiger partial charge in [-0.2, -0.15) is 0 Å². The average molecular weight is 599 g/mol. The summed E-state index contributed by atoms with van der Waals surface area (Å²) in [6.45, 7) is 0.525. The number of sulfonamides is 1. The van der Waals surface area contributed by atoms with E-state index in [4.69, 9.17) is 11.6 Å². The molecule has 42 heavy (non-hydrogen) atoms. The lowest BCUT2D eigenvalue weighted by atomic mass is 9.92. The molecule has 0 radical (unpaired) electrons. The summed E-state index contributed by atoms with van der Waals surface area (Å²) < 4.78 is 30.3. The second-order valence-corrected chi connectivity index (χ2v) is 12.5. The van der Waals surface area contributed by atoms with Crippen LogP contribution in [0.3, 0.4) is 0 Å². The number of hydrogen-bond acceptors (Lipinski definition) is 5. The number of piperidine rings is 1. The van der Waals surface area contributed by atoms with E-state index in [9.17, 15) is 18.0 Å². The van der Waals surface area contributed by atoms with E-state index in [1.807, 2.05) is 12.1 Å². The van der Waals surface area contributed by atoms with Crippen LogP contribution in [-0.2, 0) is 14.8 Å². The van der Waals surface area contributed by atoms with E-state index < -0.39 is 15.9 Å². The van der Waals surface area contributed by atoms with Crippen LogP contribution in [-0.4, -0.2) is 37.5 Å². The molecule has 6 rings (SSSR count). The molecule has 1 amide bonds. The number of pyridine rings is 2. The van der Waals surface area contributed by atoms with E-state index in [0.29, 0.717) is 40.7 Å². The third-order valence-electron chi connectivity index (χ3n) is 7.62. The summed E-state index contributed by atoms with van der Waals surface area (Å²) in [6.07, 6.45) is 4.54. The van der Waals surface area contributed by atoms with E-state index >= 15 is 0 Å². The summed E-state index contributed by atoms with van der Waals surface area (Å²) in [5.74, 6) is -0.776. The Morgan fingerprint density at radius 1 is 0.881 bits per heavy atom. The highest BCUT2D eigenvalue weighted by Gasteiger charge is 2.35. The van der Waals surface area contributed by atoms with Crippen LogP contribution in [0.1, 0.15) is 24.5 Å². The fourth-order valence-corrected chi connectivity index (χ4v) is 6.83. The summed E-state index contributed by atoms with van der Waals surface area (Å²) in [5.41, 5.74) is 2.02. The fraction of sp³-hybridized carbons (Fsp3) is 0.156. The molecule has 0 N–H and O–H groups in total. The molecule has 1 fully saturated rings. The topological polar surface area (TPSA) is 92.6 Å². The normalized spacial score (nSPS) is 15.6. The Labute approximate surface area is 248 Å². The molecule has 1 aliphatic rings. The molecular formula is C32H27ClN4O4S. The van der Waals surface area contributed by atoms with Crippen molar-refractivity contribution >= 4 is 49.7 Å². The minimum atomic E-state index is -3.97. The van der Waals surface area contributed by atoms with E-state index in [1.165, 1.54) is 22.0 Å². The van der Waals surface area contributed by atoms with Crippen molar-refractivity contribution < 1.29 is 13.2 Å². The van der Waals surface area contributed by atoms with Gasteiger partial charge in [-0.3, -0.25) is 23.4 Å². The monoisotopic (exact) mass is 598 g/mol. The van der Waals surface area contributed by atoms with Crippen LogP contribution in [0.25, 0.3) is 16.5 Å². The van der Waals surface area contributed by atoms with Crippen molar-refractivity contribution in [1.29, 1.82) is 0 Å². The molecule has 1 unspecified atom stereocenters. The summed E-state index contributed by atoms with van der Waals surface area (Å²) >= 11 is 6.09. The van der Waals surface area contributed by atoms with Crippen LogP contribution in [0, 0.1) is 0 Å². The number of halogens is 1. The molecular weight excluding hydrogens is 572 g/mol. The lowest BCUT2D eigenvalue weighted by Gasteiger charge is -2.33. The number of fused-ring (bicyclic) bond motifs is 1. The Bertz CT molecular complexity index is 1980. The number of benzene rings is 3. The third kappa shape index (κ3) is 5.06. The van der Waals surface area contributed by atoms with Gasteiger partial charge in [0.15, 0.2) is 0 Å². The molecule has 1 atom stereocenters. The molecule has 10 heteroatoms. The number of hydrogen-bond donors (Lipinski definition) is 0. The largest absolute Gasteiger partial charge is 0.312 e. The molecule has 0 aliphatic carbocycles. The molecule has 5 aromatic rings. The number of carbonyl (C=O) groups is 1. The number of amides is 1. The Hall–Kier alpha value is -4.47. The van der Waals surface area contributed by atoms with Crippen LogP contribution in [0.5, 0.6) is 0 Å². The van der Waals surface area contributed by atoms with E-state index in [0.717, 1.165) is 17.2 Å². The highest BCUT2D eigenvalue weighted by molar-refractivity contribution is 7.92. The second-order valence-electron chi connectivity index (χ2n) is 10.1. The number of nitrogens with zero attached hydrogens (tertiary/aromatic N) is 4. The summed E-state index contributed by atoms with van der Waals surface area (Å²) in [4.78, 5) is 32.4. The van der Waals surface area contributed by atoms with Crippen molar-refractivity contribution in [3.05, 3.63) is 124 Å². The molecule has 2 aromatic heterocycles. The molecule has 0 bridgehead atoms. The van der Waals surface area contributed by atoms with Crippen LogP contribution in [0.2, 0.25) is 5.02 Å². The van der Waals surface area contributed by atoms with Gasteiger partial charge in [0.1, 0.15) is 0 Å². The Kier molecular flexibility index (Phi) is 7.30. The Morgan fingerprint density at radius 3 is 2.40 bits per heavy atom. The predicted molar refractivity (Wildman–Crippen MR) is 165 cm³/mol. The summed E-state index contributed by atoms with van der Waals surface area (Å²) in [5, 5.41) is 2.16. The van der Waals surface area contributed by atoms with Gasteiger partial charge in [0.25, 0.3) is 15.6 Å². The molecule has 8 nitrogen and oxygen atoms in total. The number of carbonyl (C=O) groups excluding carboxylic acids is 1. The summed E-state index contributed by atoms with van der Waals surface area (Å²) in [6, 6.07) is 25.7. The standard InChI is InChI=1S/C32H27ClN4O4S/c1-35(42(40,41)27-16-10-22-20-24(33)11-9-23(22)21-27)29-7-4-17-34-31(29)28-6-5-19-37(32(28)39)26-14-12-25(13-15-26)36-18-3-2-8-30(36)38/h2-4,7-18,20-21,28H,5-6,19H2,1H3. The number of anilines is 2. The first-order chi connectivity index (χ1) is 20.2. The van der Waals surface area contributed by atoms with Crippen molar-refractivity contribution in [1.82, 2.24) is 9.55 Å². The highest BCUT2D eigenvalue weighted by Crippen LogP contribution is 2.37. The molecule has 0 spiro atoms. The first kappa shape index (κ1) is 27.7. The van der Waals surface area contributed by atoms with Crippen LogP contribution in [0.4, 0.5) is 11.4 Å². The zero-order valence-corrected chi connectivity index (χ0v) is 24.3. The lowest BCUT2D eigenvalue weighted by molar-refractivity contribution is -0.121. The quantitative estimate of drug-likeness (QED) is 0.247. The molecule has 0 saturated carbocycles. The first-order valence-electron chi connectivity index (χ1n) is 13.5. The molecule has 1 aliphatic heterocycles. The summed E-state index contributed by atoms with van der Waals surface area (Å²) in [7, 11) is -2.48. The van der Waals surface area contributed by atoms with Gasteiger partial charge in [-0.05, 0) is 90.3 Å². The highest BCUT2D eigenvalue weighted by atomic mass is 35.5. The Balaban J connectivity index is 1.30. The van der Waals surface area contributed by atoms with Gasteiger partial charge in [0, 0.05) is 48.4 Å². The van der Waals surface area contributed by atoms with Gasteiger partial charge in [-0.1, -0.05) is 29.8 Å². The number of rotatable bonds is 6. The molecule has 3 heterocycles. The van der Waals surface area contributed by atoms with E-state index in [-0.39, 0.29) is 16.4 Å². The van der Waals surface area contributed by atoms with Crippen molar-refractivity contribution in [3.63, 3.8) is 0 Å². The predicted octanol–water partition coefficient (Wildman–Crippen LogP) is 5.77. The molecule has 212 valence electrons. The second kappa shape index (κ2) is 11.1. The minimum Gasteiger partial charge on any atom is -0.312 e. The maximum Gasteiger partial charge on any atom is 0.264 e. The van der Waals surface area contributed by atoms with Gasteiger partial charge in [-0.25, -0.2) is 8.42 Å². The fourth-order valence-electron chi connectivity index (χ4n) is 5.41. The SMILES string of the molecule is CN(c1cccnc1C1CCCN(c2ccc(-n3ccccc3=O)cc2)C1=O)S(=O)(=O)c1ccc2cc(Cl)ccc2c1. The first-order valence-corrected chi connectivity index (χ1v) is 15.3. The van der Waals surface area contributed by atoms with Crippen LogP contribution < -0.4 is 14.8 Å². The maximum atomic E-state index is 13.9. The molecule has 1 saturated heterocycles. The van der Waals surface area contributed by atoms with E-state index in [2.05, 4.69) is 4.98 Å². The van der Waals surface area contributed by atoms with Gasteiger partial charge in [-0.15, -0.1) is 0 Å². The average Bonchev–Trinajstić information content (AvgIpc) is 3.01. The smallest absolute Gasteiger partial charge is 0.264 e. The lowest BCUT2D eigenvalue weighted by Crippen LogP contribution is -2.41. The van der Waals surface area contributed by atoms with E-state index in [1.54, 1.807) is 90.1 Å². The van der Waals surface area contributed by atoms with Crippen molar-refractivity contribution in [2.24, 2.45) is 0 Å². The zero-order chi connectivity index (χ0) is 29.4. The third-order valence-corrected chi connectivity index (χ3v) is 9.62. The van der Waals surface area contributed by atoms with Gasteiger partial charge in [0.05, 0.1) is 22.2 Å². The van der Waals surface area contributed by atoms with Gasteiger partial charge < -0.3 is 4.90 Å². The molecule has 3 aromatic carbocycles. The maximum absolute atomic E-state index is 13.9. The van der Waals surface area contributed by atoms with Crippen LogP contribution in [0.15, 0.2) is 113 Å². The van der Waals surface area contributed by atoms with Crippen molar-refractivity contribution in [3.8, 4) is 5.69 Å². The Morgan fingerprint density at radius 2 is 1.62 bits per heavy atom. The van der Waals surface area contributed by atoms with Crippen LogP contribution >= 0.6 is 11.6 Å². The minimum absolute atomic E-state index is 0.129. The number of aromatic nitrogens is 2. The zero-order valence-electron chi connectivity index (χ0n) is 22.7. The van der Waals surface area contributed by atoms with Gasteiger partial charge >= 0.3 is 0 Å². The van der Waals surface area contributed by atoms with Crippen molar-refractivity contribution in [2.75, 3.05) is 22.8 Å².